The molecule has 0 atom stereocenters. The van der Waals surface area contributed by atoms with Gasteiger partial charge in [-0.25, -0.2) is 0 Å². The van der Waals surface area contributed by atoms with Crippen LogP contribution in [0.15, 0.2) is 0 Å². The maximum atomic E-state index is 2.36. The molecule has 50 valence electrons. The van der Waals surface area contributed by atoms with Crippen molar-refractivity contribution in [3.8, 4) is 0 Å². The van der Waals surface area contributed by atoms with E-state index in [0.717, 1.165) is 0 Å². The minimum Gasteiger partial charge on any atom is -0.344 e. The summed E-state index contributed by atoms with van der Waals surface area (Å²) in [5.74, 6) is 0. The third-order valence-electron chi connectivity index (χ3n) is 1.15. The van der Waals surface area contributed by atoms with Gasteiger partial charge in [0.2, 0.25) is 0 Å². The average Bonchev–Trinajstić information content (AvgIpc) is 1.81. The van der Waals surface area contributed by atoms with Crippen molar-refractivity contribution in [3.05, 3.63) is 0 Å². The minimum absolute atomic E-state index is 1.25. The zero-order valence-corrected chi connectivity index (χ0v) is 5.98. The van der Waals surface area contributed by atoms with E-state index in [1.807, 2.05) is 0 Å². The van der Waals surface area contributed by atoms with Crippen LogP contribution < -0.4 is 10.6 Å². The quantitative estimate of drug-likeness (QED) is 0.398. The molecule has 0 saturated heterocycles. The van der Waals surface area contributed by atoms with Gasteiger partial charge in [0.1, 0.15) is 13.1 Å². The van der Waals surface area contributed by atoms with E-state index in [4.69, 9.17) is 0 Å². The van der Waals surface area contributed by atoms with Gasteiger partial charge in [-0.2, -0.15) is 0 Å². The standard InChI is InChI=1S/C6H16N2/c1-3-4-8-6-5-7-2/h7-8H,3-6H2,1-2H3/p+2. The summed E-state index contributed by atoms with van der Waals surface area (Å²) in [4.78, 5) is 0. The molecule has 2 nitrogen and oxygen atoms in total. The number of hydrogen-bond acceptors (Lipinski definition) is 0. The van der Waals surface area contributed by atoms with Crippen molar-refractivity contribution in [2.75, 3.05) is 26.7 Å². The van der Waals surface area contributed by atoms with Crippen LogP contribution in [-0.4, -0.2) is 26.7 Å². The highest BCUT2D eigenvalue weighted by Crippen LogP contribution is 1.57. The predicted molar refractivity (Wildman–Crippen MR) is 34.7 cm³/mol. The van der Waals surface area contributed by atoms with Crippen LogP contribution in [0.25, 0.3) is 0 Å². The van der Waals surface area contributed by atoms with Crippen LogP contribution in [-0.2, 0) is 0 Å². The number of rotatable bonds is 5. The fraction of sp³-hybridized carbons (Fsp3) is 1.00. The van der Waals surface area contributed by atoms with Crippen molar-refractivity contribution in [1.29, 1.82) is 0 Å². The highest BCUT2D eigenvalue weighted by Gasteiger charge is 1.85. The summed E-state index contributed by atoms with van der Waals surface area (Å²) in [6, 6.07) is 0. The second-order valence-corrected chi connectivity index (χ2v) is 2.06. The van der Waals surface area contributed by atoms with Crippen LogP contribution in [0.5, 0.6) is 0 Å². The van der Waals surface area contributed by atoms with Gasteiger partial charge in [-0.3, -0.25) is 0 Å². The number of quaternary nitrogens is 2. The first kappa shape index (κ1) is 7.92. The van der Waals surface area contributed by atoms with Crippen LogP contribution in [0.1, 0.15) is 13.3 Å². The minimum atomic E-state index is 1.25. The lowest BCUT2D eigenvalue weighted by molar-refractivity contribution is -0.711. The van der Waals surface area contributed by atoms with Crippen molar-refractivity contribution in [2.24, 2.45) is 0 Å². The molecule has 0 amide bonds. The van der Waals surface area contributed by atoms with E-state index in [1.54, 1.807) is 0 Å². The molecule has 4 N–H and O–H groups in total. The molecule has 0 fully saturated rings. The summed E-state index contributed by atoms with van der Waals surface area (Å²) >= 11 is 0. The number of likely N-dealkylation sites (N-methyl/N-ethyl adjacent to an activating group) is 1. The van der Waals surface area contributed by atoms with Crippen molar-refractivity contribution >= 4 is 0 Å². The van der Waals surface area contributed by atoms with Gasteiger partial charge in [-0.15, -0.1) is 0 Å². The Labute approximate surface area is 51.7 Å². The Morgan fingerprint density at radius 3 is 2.38 bits per heavy atom. The largest absolute Gasteiger partial charge is 0.344 e. The van der Waals surface area contributed by atoms with E-state index in [0.29, 0.717) is 0 Å². The first-order chi connectivity index (χ1) is 3.91. The summed E-state index contributed by atoms with van der Waals surface area (Å²) < 4.78 is 0. The second-order valence-electron chi connectivity index (χ2n) is 2.06. The normalized spacial score (nSPS) is 9.75. The molecule has 0 aliphatic carbocycles. The fourth-order valence-corrected chi connectivity index (χ4v) is 0.633. The molecule has 2 heteroatoms. The first-order valence-corrected chi connectivity index (χ1v) is 3.51. The van der Waals surface area contributed by atoms with Crippen LogP contribution in [0.3, 0.4) is 0 Å². The summed E-state index contributed by atoms with van der Waals surface area (Å²) in [6.07, 6.45) is 1.30. The molecule has 0 aliphatic heterocycles. The third-order valence-corrected chi connectivity index (χ3v) is 1.15. The Bertz CT molecular complexity index is 31.5. The molecule has 0 rings (SSSR count). The van der Waals surface area contributed by atoms with Crippen LogP contribution in [0.4, 0.5) is 0 Å². The predicted octanol–water partition coefficient (Wildman–Crippen LogP) is -1.85. The van der Waals surface area contributed by atoms with Gasteiger partial charge in [-0.1, -0.05) is 6.92 Å². The third kappa shape index (κ3) is 5.92. The molecule has 0 saturated carbocycles. The molecule has 0 radical (unpaired) electrons. The van der Waals surface area contributed by atoms with E-state index in [1.165, 1.54) is 26.1 Å². The van der Waals surface area contributed by atoms with Crippen LogP contribution in [0, 0.1) is 0 Å². The van der Waals surface area contributed by atoms with Crippen LogP contribution in [0.2, 0.25) is 0 Å². The number of hydrogen-bond donors (Lipinski definition) is 2. The molecule has 8 heavy (non-hydrogen) atoms. The monoisotopic (exact) mass is 118 g/mol. The maximum Gasteiger partial charge on any atom is 0.125 e. The van der Waals surface area contributed by atoms with Crippen molar-refractivity contribution < 1.29 is 10.6 Å². The molecule has 0 aromatic rings. The zero-order valence-electron chi connectivity index (χ0n) is 5.98. The molecule has 0 heterocycles. The molecular formula is C6H18N2+2. The molecule has 0 spiro atoms. The molecular weight excluding hydrogens is 100 g/mol. The summed E-state index contributed by atoms with van der Waals surface area (Å²) in [5, 5.41) is 4.58. The molecule has 0 aromatic heterocycles. The van der Waals surface area contributed by atoms with Gasteiger partial charge in [0.05, 0.1) is 13.6 Å². The van der Waals surface area contributed by atoms with Gasteiger partial charge in [0.25, 0.3) is 0 Å². The Morgan fingerprint density at radius 2 is 1.88 bits per heavy atom. The summed E-state index contributed by atoms with van der Waals surface area (Å²) in [7, 11) is 2.11. The topological polar surface area (TPSA) is 33.2 Å². The highest BCUT2D eigenvalue weighted by molar-refractivity contribution is 4.16. The van der Waals surface area contributed by atoms with Gasteiger partial charge < -0.3 is 10.6 Å². The second kappa shape index (κ2) is 6.92. The lowest BCUT2D eigenvalue weighted by Gasteiger charge is -1.94. The Morgan fingerprint density at radius 1 is 1.12 bits per heavy atom. The smallest absolute Gasteiger partial charge is 0.125 e. The van der Waals surface area contributed by atoms with E-state index < -0.39 is 0 Å². The van der Waals surface area contributed by atoms with E-state index >= 15 is 0 Å². The van der Waals surface area contributed by atoms with Crippen molar-refractivity contribution in [1.82, 2.24) is 0 Å². The highest BCUT2D eigenvalue weighted by atomic mass is 14.9. The van der Waals surface area contributed by atoms with E-state index in [2.05, 4.69) is 24.6 Å². The lowest BCUT2D eigenvalue weighted by atomic mass is 10.5. The van der Waals surface area contributed by atoms with E-state index in [-0.39, 0.29) is 0 Å². The lowest BCUT2D eigenvalue weighted by Crippen LogP contribution is -2.93. The van der Waals surface area contributed by atoms with Gasteiger partial charge in [0.15, 0.2) is 0 Å². The molecule has 0 unspecified atom stereocenters. The van der Waals surface area contributed by atoms with Crippen molar-refractivity contribution in [3.63, 3.8) is 0 Å². The molecule has 0 aliphatic rings. The SMILES string of the molecule is CCC[NH2+]CC[NH2+]C. The van der Waals surface area contributed by atoms with Crippen LogP contribution >= 0.6 is 0 Å². The zero-order chi connectivity index (χ0) is 6.24. The molecule has 0 bridgehead atoms. The summed E-state index contributed by atoms with van der Waals surface area (Å²) in [6.45, 7) is 6.02. The van der Waals surface area contributed by atoms with E-state index in [9.17, 15) is 0 Å². The number of nitrogens with two attached hydrogens (primary N) is 2. The van der Waals surface area contributed by atoms with Gasteiger partial charge >= 0.3 is 0 Å². The first-order valence-electron chi connectivity index (χ1n) is 3.51. The average molecular weight is 118 g/mol. The Hall–Kier alpha value is -0.0800. The fourth-order valence-electron chi connectivity index (χ4n) is 0.633. The van der Waals surface area contributed by atoms with Crippen molar-refractivity contribution in [2.45, 2.75) is 13.3 Å². The molecule has 0 aromatic carbocycles. The maximum absolute atomic E-state index is 2.36. The van der Waals surface area contributed by atoms with Gasteiger partial charge in [-0.05, 0) is 6.42 Å². The summed E-state index contributed by atoms with van der Waals surface area (Å²) in [5.41, 5.74) is 0. The van der Waals surface area contributed by atoms with Gasteiger partial charge in [0, 0.05) is 0 Å². The Kier molecular flexibility index (Phi) is 6.85. The Balaban J connectivity index is 2.53.